The molecule has 1 aliphatic heterocycles. The Kier molecular flexibility index (Phi) is 7.28. The van der Waals surface area contributed by atoms with Crippen molar-refractivity contribution in [3.8, 4) is 0 Å². The third-order valence-corrected chi connectivity index (χ3v) is 6.37. The number of carbonyl (C=O) groups excluding carboxylic acids is 2. The van der Waals surface area contributed by atoms with E-state index in [0.717, 1.165) is 21.9 Å². The summed E-state index contributed by atoms with van der Waals surface area (Å²) in [4.78, 5) is 33.5. The molecule has 168 valence electrons. The molecule has 1 N–H and O–H groups in total. The lowest BCUT2D eigenvalue weighted by atomic mass is 10.3. The zero-order valence-electron chi connectivity index (χ0n) is 18.1. The molecule has 4 rings (SSSR count). The van der Waals surface area contributed by atoms with E-state index in [1.807, 2.05) is 59.5 Å². The van der Waals surface area contributed by atoms with Crippen LogP contribution in [0.4, 0.5) is 10.5 Å². The highest BCUT2D eigenvalue weighted by Crippen LogP contribution is 2.24. The molecule has 32 heavy (non-hydrogen) atoms. The van der Waals surface area contributed by atoms with Crippen LogP contribution in [-0.2, 0) is 16.1 Å². The molecule has 1 saturated heterocycles. The van der Waals surface area contributed by atoms with Gasteiger partial charge in [-0.25, -0.2) is 9.78 Å². The fourth-order valence-electron chi connectivity index (χ4n) is 3.66. The number of rotatable bonds is 7. The van der Waals surface area contributed by atoms with E-state index in [1.54, 1.807) is 12.0 Å². The number of aromatic nitrogens is 2. The first-order valence-electron chi connectivity index (χ1n) is 10.6. The summed E-state index contributed by atoms with van der Waals surface area (Å²) >= 11 is 1.45. The van der Waals surface area contributed by atoms with Gasteiger partial charge in [0.2, 0.25) is 5.91 Å². The van der Waals surface area contributed by atoms with Gasteiger partial charge in [-0.2, -0.15) is 0 Å². The molecule has 2 aromatic carbocycles. The number of ether oxygens (including phenoxy) is 1. The van der Waals surface area contributed by atoms with Crippen LogP contribution in [0.5, 0.6) is 0 Å². The highest BCUT2D eigenvalue weighted by Gasteiger charge is 2.24. The number of hydrogen-bond acceptors (Lipinski definition) is 5. The van der Waals surface area contributed by atoms with Crippen LogP contribution in [0.1, 0.15) is 0 Å². The van der Waals surface area contributed by atoms with Crippen molar-refractivity contribution in [1.82, 2.24) is 19.4 Å². The first-order chi connectivity index (χ1) is 15.7. The topological polar surface area (TPSA) is 79.7 Å². The number of nitrogens with one attached hydrogen (secondary N) is 1. The largest absolute Gasteiger partial charge is 0.383 e. The second-order valence-corrected chi connectivity index (χ2v) is 8.42. The van der Waals surface area contributed by atoms with Crippen molar-refractivity contribution in [2.75, 3.05) is 51.0 Å². The molecule has 1 aromatic heterocycles. The lowest BCUT2D eigenvalue weighted by Gasteiger charge is -2.34. The molecule has 9 heteroatoms. The average Bonchev–Trinajstić information content (AvgIpc) is 3.19. The fourth-order valence-corrected chi connectivity index (χ4v) is 4.61. The van der Waals surface area contributed by atoms with Crippen molar-refractivity contribution in [2.45, 2.75) is 11.7 Å². The third kappa shape index (κ3) is 5.23. The number of thioether (sulfide) groups is 1. The van der Waals surface area contributed by atoms with Crippen LogP contribution in [0.15, 0.2) is 59.8 Å². The lowest BCUT2D eigenvalue weighted by Crippen LogP contribution is -2.52. The van der Waals surface area contributed by atoms with Gasteiger partial charge in [0, 0.05) is 45.5 Å². The smallest absolute Gasteiger partial charge is 0.321 e. The van der Waals surface area contributed by atoms with E-state index < -0.39 is 0 Å². The normalized spacial score (nSPS) is 14.0. The number of piperazine rings is 1. The predicted molar refractivity (Wildman–Crippen MR) is 126 cm³/mol. The molecule has 1 aliphatic rings. The highest BCUT2D eigenvalue weighted by atomic mass is 32.2. The number of fused-ring (bicyclic) bond motifs is 1. The van der Waals surface area contributed by atoms with E-state index in [1.165, 1.54) is 11.8 Å². The number of methoxy groups -OCH3 is 1. The number of hydrogen-bond donors (Lipinski definition) is 1. The second kappa shape index (κ2) is 10.5. The Bertz CT molecular complexity index is 1060. The van der Waals surface area contributed by atoms with Gasteiger partial charge in [0.1, 0.15) is 0 Å². The Hall–Kier alpha value is -3.04. The van der Waals surface area contributed by atoms with Crippen LogP contribution in [0, 0.1) is 0 Å². The van der Waals surface area contributed by atoms with Gasteiger partial charge in [0.25, 0.3) is 0 Å². The molecule has 3 amide bonds. The Balaban J connectivity index is 1.30. The Morgan fingerprint density at radius 3 is 2.44 bits per heavy atom. The molecular formula is C23H27N5O3S. The van der Waals surface area contributed by atoms with E-state index in [0.29, 0.717) is 45.1 Å². The summed E-state index contributed by atoms with van der Waals surface area (Å²) < 4.78 is 7.34. The van der Waals surface area contributed by atoms with Crippen molar-refractivity contribution in [1.29, 1.82) is 0 Å². The SMILES string of the molecule is COCCn1c(SCC(=O)N2CCN(C(=O)Nc3ccccc3)CC2)nc2ccccc21. The fraction of sp³-hybridized carbons (Fsp3) is 0.348. The molecule has 0 saturated carbocycles. The maximum Gasteiger partial charge on any atom is 0.321 e. The molecule has 0 unspecified atom stereocenters. The number of benzene rings is 2. The van der Waals surface area contributed by atoms with Gasteiger partial charge < -0.3 is 24.4 Å². The molecule has 0 bridgehead atoms. The maximum atomic E-state index is 12.8. The molecule has 0 spiro atoms. The number of para-hydroxylation sites is 3. The summed E-state index contributed by atoms with van der Waals surface area (Å²) in [6.45, 7) is 3.35. The molecule has 1 fully saturated rings. The van der Waals surface area contributed by atoms with E-state index in [-0.39, 0.29) is 11.9 Å². The van der Waals surface area contributed by atoms with E-state index in [2.05, 4.69) is 9.88 Å². The van der Waals surface area contributed by atoms with Gasteiger partial charge in [-0.3, -0.25) is 4.79 Å². The summed E-state index contributed by atoms with van der Waals surface area (Å²) in [5.41, 5.74) is 2.72. The maximum absolute atomic E-state index is 12.8. The molecular weight excluding hydrogens is 426 g/mol. The van der Waals surface area contributed by atoms with Crippen molar-refractivity contribution >= 4 is 40.4 Å². The van der Waals surface area contributed by atoms with Gasteiger partial charge in [-0.1, -0.05) is 42.1 Å². The minimum atomic E-state index is -0.135. The summed E-state index contributed by atoms with van der Waals surface area (Å²) in [6.07, 6.45) is 0. The number of anilines is 1. The number of urea groups is 1. The van der Waals surface area contributed by atoms with E-state index in [4.69, 9.17) is 9.72 Å². The van der Waals surface area contributed by atoms with Crippen LogP contribution < -0.4 is 5.32 Å². The van der Waals surface area contributed by atoms with Crippen LogP contribution in [0.2, 0.25) is 0 Å². The molecule has 3 aromatic rings. The molecule has 0 atom stereocenters. The highest BCUT2D eigenvalue weighted by molar-refractivity contribution is 7.99. The monoisotopic (exact) mass is 453 g/mol. The first-order valence-corrected chi connectivity index (χ1v) is 11.6. The van der Waals surface area contributed by atoms with Crippen molar-refractivity contribution < 1.29 is 14.3 Å². The van der Waals surface area contributed by atoms with E-state index >= 15 is 0 Å². The minimum absolute atomic E-state index is 0.0588. The minimum Gasteiger partial charge on any atom is -0.383 e. The van der Waals surface area contributed by atoms with Gasteiger partial charge in [0.05, 0.1) is 23.4 Å². The summed E-state index contributed by atoms with van der Waals surface area (Å²) in [5.74, 6) is 0.371. The van der Waals surface area contributed by atoms with Gasteiger partial charge >= 0.3 is 6.03 Å². The van der Waals surface area contributed by atoms with Crippen molar-refractivity contribution in [2.24, 2.45) is 0 Å². The average molecular weight is 454 g/mol. The summed E-state index contributed by atoms with van der Waals surface area (Å²) in [5, 5.41) is 3.71. The molecule has 2 heterocycles. The predicted octanol–water partition coefficient (Wildman–Crippen LogP) is 3.15. The standard InChI is InChI=1S/C23H27N5O3S/c1-31-16-15-28-20-10-6-5-9-19(20)25-23(28)32-17-21(29)26-11-13-27(14-12-26)22(30)24-18-7-3-2-4-8-18/h2-10H,11-17H2,1H3,(H,24,30). The molecule has 0 aliphatic carbocycles. The zero-order valence-corrected chi connectivity index (χ0v) is 18.9. The first kappa shape index (κ1) is 22.2. The van der Waals surface area contributed by atoms with Crippen LogP contribution in [0.3, 0.4) is 0 Å². The number of imidazole rings is 1. The quantitative estimate of drug-likeness (QED) is 0.556. The van der Waals surface area contributed by atoms with Crippen LogP contribution in [-0.4, -0.2) is 76.9 Å². The Morgan fingerprint density at radius 2 is 1.69 bits per heavy atom. The van der Waals surface area contributed by atoms with Crippen molar-refractivity contribution in [3.63, 3.8) is 0 Å². The molecule has 0 radical (unpaired) electrons. The van der Waals surface area contributed by atoms with Crippen LogP contribution in [0.25, 0.3) is 11.0 Å². The second-order valence-electron chi connectivity index (χ2n) is 7.48. The van der Waals surface area contributed by atoms with Gasteiger partial charge in [-0.15, -0.1) is 0 Å². The summed E-state index contributed by atoms with van der Waals surface area (Å²) in [7, 11) is 1.68. The van der Waals surface area contributed by atoms with Crippen molar-refractivity contribution in [3.05, 3.63) is 54.6 Å². The number of carbonyl (C=O) groups is 2. The number of amides is 3. The van der Waals surface area contributed by atoms with Gasteiger partial charge in [-0.05, 0) is 24.3 Å². The summed E-state index contributed by atoms with van der Waals surface area (Å²) in [6, 6.07) is 17.2. The molecule has 8 nitrogen and oxygen atoms in total. The van der Waals surface area contributed by atoms with Crippen LogP contribution >= 0.6 is 11.8 Å². The lowest BCUT2D eigenvalue weighted by molar-refractivity contribution is -0.129. The Labute approximate surface area is 191 Å². The third-order valence-electron chi connectivity index (χ3n) is 5.41. The van der Waals surface area contributed by atoms with E-state index in [9.17, 15) is 9.59 Å². The van der Waals surface area contributed by atoms with Gasteiger partial charge in [0.15, 0.2) is 5.16 Å². The zero-order chi connectivity index (χ0) is 22.3. The Morgan fingerprint density at radius 1 is 1.00 bits per heavy atom. The number of nitrogens with zero attached hydrogens (tertiary/aromatic N) is 4.